The highest BCUT2D eigenvalue weighted by atomic mass is 79.9. The molecule has 18 heavy (non-hydrogen) atoms. The van der Waals surface area contributed by atoms with Gasteiger partial charge in [-0.2, -0.15) is 5.10 Å². The van der Waals surface area contributed by atoms with Gasteiger partial charge < -0.3 is 0 Å². The molecule has 0 aliphatic heterocycles. The molecular formula is C13H9BrFN3. The van der Waals surface area contributed by atoms with Gasteiger partial charge in [-0.15, -0.1) is 0 Å². The van der Waals surface area contributed by atoms with Gasteiger partial charge in [-0.25, -0.2) is 13.9 Å². The molecule has 0 bridgehead atoms. The lowest BCUT2D eigenvalue weighted by Gasteiger charge is -2.02. The second-order valence-corrected chi connectivity index (χ2v) is 4.74. The molecule has 0 saturated heterocycles. The minimum Gasteiger partial charge on any atom is -0.231 e. The molecule has 2 aromatic heterocycles. The number of hydrogen-bond donors (Lipinski definition) is 0. The molecular weight excluding hydrogens is 297 g/mol. The van der Waals surface area contributed by atoms with Crippen molar-refractivity contribution in [3.05, 3.63) is 52.5 Å². The van der Waals surface area contributed by atoms with E-state index in [1.54, 1.807) is 10.6 Å². The minimum atomic E-state index is -0.268. The molecule has 3 rings (SSSR count). The zero-order valence-electron chi connectivity index (χ0n) is 9.56. The molecule has 0 fully saturated rings. The van der Waals surface area contributed by atoms with E-state index in [2.05, 4.69) is 26.0 Å². The van der Waals surface area contributed by atoms with Crippen LogP contribution >= 0.6 is 15.9 Å². The van der Waals surface area contributed by atoms with Crippen molar-refractivity contribution in [2.45, 2.75) is 6.92 Å². The third-order valence-electron chi connectivity index (χ3n) is 2.70. The van der Waals surface area contributed by atoms with Crippen LogP contribution in [0.15, 0.2) is 41.0 Å². The van der Waals surface area contributed by atoms with Gasteiger partial charge in [0.1, 0.15) is 10.4 Å². The number of imidazole rings is 1. The molecule has 0 amide bonds. The molecule has 2 heterocycles. The molecule has 0 aliphatic rings. The Bertz CT molecular complexity index is 736. The topological polar surface area (TPSA) is 30.2 Å². The van der Waals surface area contributed by atoms with Crippen LogP contribution in [0, 0.1) is 12.7 Å². The zero-order valence-corrected chi connectivity index (χ0v) is 11.1. The quantitative estimate of drug-likeness (QED) is 0.687. The highest BCUT2D eigenvalue weighted by Crippen LogP contribution is 2.21. The summed E-state index contributed by atoms with van der Waals surface area (Å²) in [6.07, 6.45) is 0. The SMILES string of the molecule is Cc1nc2ccc(-c3cccc(F)c3)nn2c1Br. The monoisotopic (exact) mass is 305 g/mol. The molecule has 0 radical (unpaired) electrons. The molecule has 1 aromatic carbocycles. The Balaban J connectivity index is 2.21. The molecule has 3 nitrogen and oxygen atoms in total. The van der Waals surface area contributed by atoms with Crippen LogP contribution in [0.2, 0.25) is 0 Å². The second-order valence-electron chi connectivity index (χ2n) is 3.99. The van der Waals surface area contributed by atoms with Gasteiger partial charge in [0.05, 0.1) is 11.4 Å². The van der Waals surface area contributed by atoms with E-state index >= 15 is 0 Å². The van der Waals surface area contributed by atoms with Crippen LogP contribution in [-0.2, 0) is 0 Å². The van der Waals surface area contributed by atoms with E-state index in [4.69, 9.17) is 0 Å². The van der Waals surface area contributed by atoms with E-state index in [-0.39, 0.29) is 5.82 Å². The highest BCUT2D eigenvalue weighted by molar-refractivity contribution is 9.10. The van der Waals surface area contributed by atoms with E-state index in [1.807, 2.05) is 25.1 Å². The largest absolute Gasteiger partial charge is 0.231 e. The summed E-state index contributed by atoms with van der Waals surface area (Å²) >= 11 is 3.44. The van der Waals surface area contributed by atoms with Crippen LogP contribution in [-0.4, -0.2) is 14.6 Å². The lowest BCUT2D eigenvalue weighted by atomic mass is 10.1. The normalized spacial score (nSPS) is 11.1. The number of nitrogens with zero attached hydrogens (tertiary/aromatic N) is 3. The maximum Gasteiger partial charge on any atom is 0.155 e. The third kappa shape index (κ3) is 1.80. The Morgan fingerprint density at radius 3 is 2.83 bits per heavy atom. The molecule has 0 N–H and O–H groups in total. The summed E-state index contributed by atoms with van der Waals surface area (Å²) in [5.41, 5.74) is 3.09. The molecule has 0 unspecified atom stereocenters. The van der Waals surface area contributed by atoms with E-state index in [9.17, 15) is 4.39 Å². The fourth-order valence-corrected chi connectivity index (χ4v) is 2.17. The van der Waals surface area contributed by atoms with Crippen molar-refractivity contribution in [2.24, 2.45) is 0 Å². The van der Waals surface area contributed by atoms with E-state index in [0.29, 0.717) is 5.69 Å². The first-order valence-corrected chi connectivity index (χ1v) is 6.22. The smallest absolute Gasteiger partial charge is 0.155 e. The first kappa shape index (κ1) is 11.3. The first-order chi connectivity index (χ1) is 8.65. The Kier molecular flexibility index (Phi) is 2.63. The Labute approximate surface area is 111 Å². The number of aryl methyl sites for hydroxylation is 1. The molecule has 90 valence electrons. The number of benzene rings is 1. The number of fused-ring (bicyclic) bond motifs is 1. The fourth-order valence-electron chi connectivity index (χ4n) is 1.82. The van der Waals surface area contributed by atoms with Crippen molar-refractivity contribution in [1.29, 1.82) is 0 Å². The van der Waals surface area contributed by atoms with Gasteiger partial charge in [0.2, 0.25) is 0 Å². The zero-order chi connectivity index (χ0) is 12.7. The number of hydrogen-bond acceptors (Lipinski definition) is 2. The van der Waals surface area contributed by atoms with Gasteiger partial charge in [-0.05, 0) is 47.1 Å². The number of aromatic nitrogens is 3. The minimum absolute atomic E-state index is 0.268. The summed E-state index contributed by atoms with van der Waals surface area (Å²) in [5, 5.41) is 4.45. The van der Waals surface area contributed by atoms with E-state index in [1.165, 1.54) is 12.1 Å². The lowest BCUT2D eigenvalue weighted by molar-refractivity contribution is 0.628. The van der Waals surface area contributed by atoms with Gasteiger partial charge in [0.25, 0.3) is 0 Å². The summed E-state index contributed by atoms with van der Waals surface area (Å²) in [5.74, 6) is -0.268. The van der Waals surface area contributed by atoms with Crippen LogP contribution in [0.4, 0.5) is 4.39 Å². The van der Waals surface area contributed by atoms with Crippen LogP contribution in [0.1, 0.15) is 5.69 Å². The first-order valence-electron chi connectivity index (χ1n) is 5.43. The predicted molar refractivity (Wildman–Crippen MR) is 70.8 cm³/mol. The van der Waals surface area contributed by atoms with E-state index in [0.717, 1.165) is 21.5 Å². The second kappa shape index (κ2) is 4.17. The summed E-state index contributed by atoms with van der Waals surface area (Å²) in [6, 6.07) is 10.1. The van der Waals surface area contributed by atoms with Gasteiger partial charge in [-0.1, -0.05) is 12.1 Å². The van der Waals surface area contributed by atoms with Crippen molar-refractivity contribution in [2.75, 3.05) is 0 Å². The van der Waals surface area contributed by atoms with Crippen molar-refractivity contribution in [1.82, 2.24) is 14.6 Å². The lowest BCUT2D eigenvalue weighted by Crippen LogP contribution is -1.94. The van der Waals surface area contributed by atoms with Gasteiger partial charge in [-0.3, -0.25) is 0 Å². The summed E-state index contributed by atoms with van der Waals surface area (Å²) in [4.78, 5) is 4.34. The maximum atomic E-state index is 13.2. The van der Waals surface area contributed by atoms with Crippen LogP contribution < -0.4 is 0 Å². The highest BCUT2D eigenvalue weighted by Gasteiger charge is 2.08. The van der Waals surface area contributed by atoms with Crippen molar-refractivity contribution >= 4 is 21.6 Å². The third-order valence-corrected chi connectivity index (χ3v) is 3.61. The Hall–Kier alpha value is -1.75. The fraction of sp³-hybridized carbons (Fsp3) is 0.0769. The van der Waals surface area contributed by atoms with Gasteiger partial charge >= 0.3 is 0 Å². The molecule has 3 aromatic rings. The summed E-state index contributed by atoms with van der Waals surface area (Å²) < 4.78 is 15.7. The average molecular weight is 306 g/mol. The van der Waals surface area contributed by atoms with Gasteiger partial charge in [0, 0.05) is 5.56 Å². The number of halogens is 2. The predicted octanol–water partition coefficient (Wildman–Crippen LogP) is 3.61. The standard InChI is InChI=1S/C13H9BrFN3/c1-8-13(14)18-12(16-8)6-5-11(17-18)9-3-2-4-10(15)7-9/h2-7H,1H3. The Morgan fingerprint density at radius 1 is 1.22 bits per heavy atom. The molecule has 0 atom stereocenters. The average Bonchev–Trinajstić information content (AvgIpc) is 2.65. The molecule has 0 spiro atoms. The maximum absolute atomic E-state index is 13.2. The summed E-state index contributed by atoms with van der Waals surface area (Å²) in [6.45, 7) is 1.90. The van der Waals surface area contributed by atoms with Gasteiger partial charge in [0.15, 0.2) is 5.65 Å². The van der Waals surface area contributed by atoms with Crippen molar-refractivity contribution in [3.8, 4) is 11.3 Å². The van der Waals surface area contributed by atoms with Crippen LogP contribution in [0.25, 0.3) is 16.9 Å². The van der Waals surface area contributed by atoms with Crippen LogP contribution in [0.3, 0.4) is 0 Å². The van der Waals surface area contributed by atoms with E-state index < -0.39 is 0 Å². The van der Waals surface area contributed by atoms with Crippen LogP contribution in [0.5, 0.6) is 0 Å². The number of rotatable bonds is 1. The summed E-state index contributed by atoms with van der Waals surface area (Å²) in [7, 11) is 0. The van der Waals surface area contributed by atoms with Crippen molar-refractivity contribution in [3.63, 3.8) is 0 Å². The molecule has 0 saturated carbocycles. The molecule has 0 aliphatic carbocycles. The van der Waals surface area contributed by atoms with Crippen molar-refractivity contribution < 1.29 is 4.39 Å². The Morgan fingerprint density at radius 2 is 2.06 bits per heavy atom. The molecule has 5 heteroatoms.